The van der Waals surface area contributed by atoms with Crippen molar-refractivity contribution >= 4 is 5.97 Å². The van der Waals surface area contributed by atoms with Crippen LogP contribution in [0.4, 0.5) is 0 Å². The van der Waals surface area contributed by atoms with Crippen molar-refractivity contribution < 1.29 is 19.7 Å². The lowest BCUT2D eigenvalue weighted by molar-refractivity contribution is 0.0688. The lowest BCUT2D eigenvalue weighted by Crippen LogP contribution is -1.99. The summed E-state index contributed by atoms with van der Waals surface area (Å²) in [6, 6.07) is 4.07. The molecule has 1 N–H and O–H groups in total. The molecule has 4 heteroatoms. The highest BCUT2D eigenvalue weighted by Gasteiger charge is 2.16. The summed E-state index contributed by atoms with van der Waals surface area (Å²) in [5.41, 5.74) is -0.319. The molecule has 0 spiro atoms. The summed E-state index contributed by atoms with van der Waals surface area (Å²) in [5.74, 6) is -1.71. The van der Waals surface area contributed by atoms with Gasteiger partial charge in [0.05, 0.1) is 7.11 Å². The number of ether oxygens (including phenoxy) is 1. The number of carboxylic acids is 1. The van der Waals surface area contributed by atoms with Crippen molar-refractivity contribution in [1.29, 1.82) is 0 Å². The second kappa shape index (κ2) is 3.13. The SMILES string of the molecule is COc1cccc([O])c1C(=O)O. The van der Waals surface area contributed by atoms with Crippen LogP contribution in [0.1, 0.15) is 10.4 Å². The molecule has 0 saturated heterocycles. The summed E-state index contributed by atoms with van der Waals surface area (Å²) >= 11 is 0. The molecule has 63 valence electrons. The molecule has 0 bridgehead atoms. The molecular weight excluding hydrogens is 160 g/mol. The molecule has 0 unspecified atom stereocenters. The average molecular weight is 167 g/mol. The Morgan fingerprint density at radius 1 is 1.50 bits per heavy atom. The van der Waals surface area contributed by atoms with Crippen molar-refractivity contribution in [2.75, 3.05) is 7.11 Å². The molecule has 1 aromatic carbocycles. The number of hydrogen-bond acceptors (Lipinski definition) is 2. The molecule has 1 radical (unpaired) electrons. The number of carboxylic acid groups (broad SMARTS) is 1. The standard InChI is InChI=1S/C8H7O4/c1-12-6-4-2-3-5(9)7(6)8(10)11/h2-4H,1H3,(H,10,11). The zero-order chi connectivity index (χ0) is 9.14. The van der Waals surface area contributed by atoms with Crippen LogP contribution in [0.5, 0.6) is 11.5 Å². The molecule has 0 heterocycles. The second-order valence-corrected chi connectivity index (χ2v) is 2.14. The summed E-state index contributed by atoms with van der Waals surface area (Å²) in [6.45, 7) is 0. The van der Waals surface area contributed by atoms with Crippen LogP contribution in [0.15, 0.2) is 18.2 Å². The Balaban J connectivity index is 3.29. The maximum Gasteiger partial charge on any atom is 0.343 e. The van der Waals surface area contributed by atoms with Crippen molar-refractivity contribution in [1.82, 2.24) is 0 Å². The minimum Gasteiger partial charge on any atom is -0.496 e. The van der Waals surface area contributed by atoms with Gasteiger partial charge in [-0.15, -0.1) is 0 Å². The van der Waals surface area contributed by atoms with Crippen molar-refractivity contribution in [2.45, 2.75) is 0 Å². The number of carbonyl (C=O) groups is 1. The van der Waals surface area contributed by atoms with E-state index < -0.39 is 11.7 Å². The zero-order valence-corrected chi connectivity index (χ0v) is 6.40. The Bertz CT molecular complexity index is 306. The molecule has 4 nitrogen and oxygen atoms in total. The Morgan fingerprint density at radius 3 is 2.58 bits per heavy atom. The van der Waals surface area contributed by atoms with E-state index in [9.17, 15) is 9.90 Å². The first-order chi connectivity index (χ1) is 5.66. The first-order valence-corrected chi connectivity index (χ1v) is 3.24. The van der Waals surface area contributed by atoms with Gasteiger partial charge in [-0.05, 0) is 12.1 Å². The summed E-state index contributed by atoms with van der Waals surface area (Å²) in [6.07, 6.45) is 0. The fourth-order valence-corrected chi connectivity index (χ4v) is 0.892. The highest BCUT2D eigenvalue weighted by atomic mass is 16.5. The van der Waals surface area contributed by atoms with Crippen LogP contribution in [0.3, 0.4) is 0 Å². The van der Waals surface area contributed by atoms with Crippen LogP contribution in [0.2, 0.25) is 0 Å². The third-order valence-corrected chi connectivity index (χ3v) is 1.42. The normalized spacial score (nSPS) is 9.42. The molecule has 0 aromatic heterocycles. The molecule has 0 aliphatic carbocycles. The van der Waals surface area contributed by atoms with E-state index in [4.69, 9.17) is 9.84 Å². The second-order valence-electron chi connectivity index (χ2n) is 2.14. The number of hydrogen-bond donors (Lipinski definition) is 1. The lowest BCUT2D eigenvalue weighted by atomic mass is 10.2. The van der Waals surface area contributed by atoms with Crippen LogP contribution >= 0.6 is 0 Å². The highest BCUT2D eigenvalue weighted by molar-refractivity contribution is 5.93. The van der Waals surface area contributed by atoms with Crippen LogP contribution in [-0.4, -0.2) is 18.2 Å². The first-order valence-electron chi connectivity index (χ1n) is 3.24. The van der Waals surface area contributed by atoms with Gasteiger partial charge in [-0.25, -0.2) is 4.79 Å². The van der Waals surface area contributed by atoms with E-state index in [2.05, 4.69) is 0 Å². The van der Waals surface area contributed by atoms with E-state index in [1.54, 1.807) is 0 Å². The molecular formula is C8H7O4. The number of aromatic carboxylic acids is 1. The largest absolute Gasteiger partial charge is 0.496 e. The van der Waals surface area contributed by atoms with E-state index in [1.807, 2.05) is 0 Å². The molecule has 0 atom stereocenters. The molecule has 0 fully saturated rings. The van der Waals surface area contributed by atoms with Gasteiger partial charge >= 0.3 is 5.97 Å². The molecule has 0 aliphatic rings. The van der Waals surface area contributed by atoms with Crippen molar-refractivity contribution in [2.24, 2.45) is 0 Å². The number of benzene rings is 1. The molecule has 1 rings (SSSR count). The third kappa shape index (κ3) is 1.32. The van der Waals surface area contributed by atoms with E-state index in [0.29, 0.717) is 0 Å². The highest BCUT2D eigenvalue weighted by Crippen LogP contribution is 2.27. The number of methoxy groups -OCH3 is 1. The van der Waals surface area contributed by atoms with Gasteiger partial charge in [-0.3, -0.25) is 5.11 Å². The van der Waals surface area contributed by atoms with E-state index >= 15 is 0 Å². The maximum absolute atomic E-state index is 11.0. The average Bonchev–Trinajstić information content (AvgIpc) is 2.03. The zero-order valence-electron chi connectivity index (χ0n) is 6.40. The van der Waals surface area contributed by atoms with Crippen LogP contribution in [-0.2, 0) is 5.11 Å². The van der Waals surface area contributed by atoms with E-state index in [1.165, 1.54) is 25.3 Å². The van der Waals surface area contributed by atoms with Gasteiger partial charge < -0.3 is 9.84 Å². The predicted octanol–water partition coefficient (Wildman–Crippen LogP) is 1.54. The summed E-state index contributed by atoms with van der Waals surface area (Å²) in [4.78, 5) is 10.5. The Labute approximate surface area is 69.0 Å². The van der Waals surface area contributed by atoms with Gasteiger partial charge in [0.1, 0.15) is 11.3 Å². The molecule has 0 saturated carbocycles. The monoisotopic (exact) mass is 167 g/mol. The third-order valence-electron chi connectivity index (χ3n) is 1.42. The maximum atomic E-state index is 11.0. The summed E-state index contributed by atoms with van der Waals surface area (Å²) in [7, 11) is 1.32. The van der Waals surface area contributed by atoms with Gasteiger partial charge in [0, 0.05) is 0 Å². The Hall–Kier alpha value is -1.71. The molecule has 0 amide bonds. The van der Waals surface area contributed by atoms with Gasteiger partial charge in [0.25, 0.3) is 0 Å². The molecule has 1 aromatic rings. The molecule has 12 heavy (non-hydrogen) atoms. The fourth-order valence-electron chi connectivity index (χ4n) is 0.892. The van der Waals surface area contributed by atoms with Crippen molar-refractivity contribution in [3.63, 3.8) is 0 Å². The minimum atomic E-state index is -1.27. The van der Waals surface area contributed by atoms with Crippen LogP contribution in [0, 0.1) is 0 Å². The summed E-state index contributed by atoms with van der Waals surface area (Å²) < 4.78 is 4.71. The minimum absolute atomic E-state index is 0.0926. The summed E-state index contributed by atoms with van der Waals surface area (Å²) in [5, 5.41) is 19.6. The Kier molecular flexibility index (Phi) is 2.19. The van der Waals surface area contributed by atoms with Gasteiger partial charge in [-0.1, -0.05) is 6.07 Å². The quantitative estimate of drug-likeness (QED) is 0.726. The smallest absolute Gasteiger partial charge is 0.343 e. The number of rotatable bonds is 2. The predicted molar refractivity (Wildman–Crippen MR) is 40.1 cm³/mol. The van der Waals surface area contributed by atoms with Crippen molar-refractivity contribution in [3.05, 3.63) is 23.8 Å². The van der Waals surface area contributed by atoms with Crippen LogP contribution < -0.4 is 4.74 Å². The molecule has 0 aliphatic heterocycles. The first kappa shape index (κ1) is 8.39. The van der Waals surface area contributed by atoms with Gasteiger partial charge in [0.2, 0.25) is 0 Å². The van der Waals surface area contributed by atoms with Gasteiger partial charge in [0.15, 0.2) is 5.75 Å². The van der Waals surface area contributed by atoms with Crippen molar-refractivity contribution in [3.8, 4) is 11.5 Å². The van der Waals surface area contributed by atoms with Gasteiger partial charge in [-0.2, -0.15) is 0 Å². The van der Waals surface area contributed by atoms with E-state index in [0.717, 1.165) is 0 Å². The topological polar surface area (TPSA) is 66.4 Å². The fraction of sp³-hybridized carbons (Fsp3) is 0.125. The Morgan fingerprint density at radius 2 is 2.17 bits per heavy atom. The van der Waals surface area contributed by atoms with Crippen LogP contribution in [0.25, 0.3) is 0 Å². The van der Waals surface area contributed by atoms with E-state index in [-0.39, 0.29) is 11.3 Å². The lowest BCUT2D eigenvalue weighted by Gasteiger charge is -2.03.